The van der Waals surface area contributed by atoms with Crippen LogP contribution in [0.15, 0.2) is 36.4 Å². The fourth-order valence-corrected chi connectivity index (χ4v) is 1.79. The molecule has 0 aliphatic rings. The highest BCUT2D eigenvalue weighted by Gasteiger charge is 2.33. The number of nitrogen functional groups attached to an aromatic ring is 1. The van der Waals surface area contributed by atoms with Crippen molar-refractivity contribution in [1.82, 2.24) is 0 Å². The first-order valence-electron chi connectivity index (χ1n) is 5.88. The Labute approximate surface area is 118 Å². The van der Waals surface area contributed by atoms with Crippen LogP contribution in [0.4, 0.5) is 34.6 Å². The van der Waals surface area contributed by atoms with E-state index in [1.807, 2.05) is 0 Å². The largest absolute Gasteiger partial charge is 0.494 e. The lowest BCUT2D eigenvalue weighted by atomic mass is 10.1. The second-order valence-corrected chi connectivity index (χ2v) is 4.27. The molecule has 0 atom stereocenters. The van der Waals surface area contributed by atoms with E-state index in [9.17, 15) is 17.6 Å². The maximum atomic E-state index is 13.5. The van der Waals surface area contributed by atoms with Crippen molar-refractivity contribution in [1.29, 1.82) is 0 Å². The van der Waals surface area contributed by atoms with Gasteiger partial charge in [0.1, 0.15) is 0 Å². The van der Waals surface area contributed by atoms with Gasteiger partial charge in [-0.1, -0.05) is 0 Å². The number of nitrogens with two attached hydrogens (primary N) is 1. The number of methoxy groups -OCH3 is 1. The van der Waals surface area contributed by atoms with Crippen LogP contribution >= 0.6 is 0 Å². The van der Waals surface area contributed by atoms with Crippen molar-refractivity contribution in [3.05, 3.63) is 47.8 Å². The Morgan fingerprint density at radius 3 is 2.24 bits per heavy atom. The molecule has 0 bridgehead atoms. The number of hydrogen-bond donors (Lipinski definition) is 2. The number of hydrogen-bond acceptors (Lipinski definition) is 3. The van der Waals surface area contributed by atoms with Gasteiger partial charge in [0.15, 0.2) is 11.6 Å². The minimum Gasteiger partial charge on any atom is -0.494 e. The zero-order valence-corrected chi connectivity index (χ0v) is 11.0. The van der Waals surface area contributed by atoms with E-state index in [1.54, 1.807) is 0 Å². The van der Waals surface area contributed by atoms with E-state index in [4.69, 9.17) is 10.5 Å². The quantitative estimate of drug-likeness (QED) is 0.660. The van der Waals surface area contributed by atoms with Crippen molar-refractivity contribution in [2.24, 2.45) is 0 Å². The Kier molecular flexibility index (Phi) is 3.93. The molecule has 3 N–H and O–H groups in total. The van der Waals surface area contributed by atoms with Crippen molar-refractivity contribution >= 4 is 17.1 Å². The summed E-state index contributed by atoms with van der Waals surface area (Å²) in [5, 5.41) is 2.68. The molecule has 0 aliphatic heterocycles. The van der Waals surface area contributed by atoms with Crippen LogP contribution in [0.25, 0.3) is 0 Å². The van der Waals surface area contributed by atoms with Crippen LogP contribution in [0.3, 0.4) is 0 Å². The first-order chi connectivity index (χ1) is 9.81. The predicted molar refractivity (Wildman–Crippen MR) is 72.1 cm³/mol. The van der Waals surface area contributed by atoms with Gasteiger partial charge >= 0.3 is 6.18 Å². The van der Waals surface area contributed by atoms with Crippen molar-refractivity contribution in [2.75, 3.05) is 18.2 Å². The van der Waals surface area contributed by atoms with E-state index in [2.05, 4.69) is 5.32 Å². The fraction of sp³-hybridized carbons (Fsp3) is 0.143. The van der Waals surface area contributed by atoms with E-state index in [1.165, 1.54) is 25.3 Å². The molecule has 0 aliphatic carbocycles. The van der Waals surface area contributed by atoms with Crippen LogP contribution in [-0.4, -0.2) is 7.11 Å². The fourth-order valence-electron chi connectivity index (χ4n) is 1.79. The summed E-state index contributed by atoms with van der Waals surface area (Å²) in [6, 6.07) is 7.39. The summed E-state index contributed by atoms with van der Waals surface area (Å²) in [5.41, 5.74) is 4.45. The van der Waals surface area contributed by atoms with Gasteiger partial charge in [-0.15, -0.1) is 0 Å². The van der Waals surface area contributed by atoms with Crippen LogP contribution in [0, 0.1) is 5.82 Å². The summed E-state index contributed by atoms with van der Waals surface area (Å²) < 4.78 is 56.5. The number of anilines is 3. The molecule has 0 fully saturated rings. The smallest absolute Gasteiger partial charge is 0.418 e. The zero-order valence-electron chi connectivity index (χ0n) is 11.0. The number of ether oxygens (including phenoxy) is 1. The monoisotopic (exact) mass is 300 g/mol. The maximum absolute atomic E-state index is 13.5. The Bertz CT molecular complexity index is 656. The topological polar surface area (TPSA) is 47.3 Å². The summed E-state index contributed by atoms with van der Waals surface area (Å²) in [4.78, 5) is 0. The van der Waals surface area contributed by atoms with Crippen LogP contribution in [-0.2, 0) is 6.18 Å². The molecule has 0 radical (unpaired) electrons. The standard InChI is InChI=1S/C14H12F4N2O/c1-21-13-5-3-9(7-11(13)15)20-8-2-4-12(19)10(6-8)14(16,17)18/h2-7,20H,19H2,1H3. The average molecular weight is 300 g/mol. The Hall–Kier alpha value is -2.44. The number of halogens is 4. The molecule has 112 valence electrons. The van der Waals surface area contributed by atoms with Crippen molar-refractivity contribution in [3.63, 3.8) is 0 Å². The minimum atomic E-state index is -4.55. The van der Waals surface area contributed by atoms with Gasteiger partial charge in [0.2, 0.25) is 0 Å². The lowest BCUT2D eigenvalue weighted by molar-refractivity contribution is -0.136. The summed E-state index contributed by atoms with van der Waals surface area (Å²) >= 11 is 0. The summed E-state index contributed by atoms with van der Waals surface area (Å²) in [5.74, 6) is -0.567. The molecular formula is C14H12F4N2O. The molecule has 2 aromatic rings. The molecule has 0 amide bonds. The average Bonchev–Trinajstić information content (AvgIpc) is 2.40. The van der Waals surface area contributed by atoms with Crippen LogP contribution < -0.4 is 15.8 Å². The molecule has 0 saturated carbocycles. The van der Waals surface area contributed by atoms with Gasteiger partial charge in [-0.05, 0) is 30.3 Å². The molecule has 2 aromatic carbocycles. The third kappa shape index (κ3) is 3.36. The highest BCUT2D eigenvalue weighted by Crippen LogP contribution is 2.35. The zero-order chi connectivity index (χ0) is 15.6. The van der Waals surface area contributed by atoms with Gasteiger partial charge in [-0.2, -0.15) is 13.2 Å². The molecule has 0 spiro atoms. The van der Waals surface area contributed by atoms with Crippen molar-refractivity contribution in [3.8, 4) is 5.75 Å². The highest BCUT2D eigenvalue weighted by molar-refractivity contribution is 5.65. The van der Waals surface area contributed by atoms with Gasteiger partial charge in [0, 0.05) is 23.1 Å². The minimum absolute atomic E-state index is 0.0498. The number of benzene rings is 2. The van der Waals surface area contributed by atoms with Crippen molar-refractivity contribution < 1.29 is 22.3 Å². The molecule has 0 heterocycles. The SMILES string of the molecule is COc1ccc(Nc2ccc(N)c(C(F)(F)F)c2)cc1F. The van der Waals surface area contributed by atoms with Crippen molar-refractivity contribution in [2.45, 2.75) is 6.18 Å². The van der Waals surface area contributed by atoms with E-state index < -0.39 is 17.6 Å². The second-order valence-electron chi connectivity index (χ2n) is 4.27. The van der Waals surface area contributed by atoms with Crippen LogP contribution in [0.1, 0.15) is 5.56 Å². The Morgan fingerprint density at radius 2 is 1.67 bits per heavy atom. The van der Waals surface area contributed by atoms with Gasteiger partial charge in [0.05, 0.1) is 12.7 Å². The molecule has 2 rings (SSSR count). The number of nitrogens with one attached hydrogen (secondary N) is 1. The van der Waals surface area contributed by atoms with Gasteiger partial charge in [-0.3, -0.25) is 0 Å². The second kappa shape index (κ2) is 5.51. The first kappa shape index (κ1) is 15.0. The molecular weight excluding hydrogens is 288 g/mol. The first-order valence-corrected chi connectivity index (χ1v) is 5.88. The predicted octanol–water partition coefficient (Wildman–Crippen LogP) is 4.18. The van der Waals surface area contributed by atoms with Gasteiger partial charge < -0.3 is 15.8 Å². The van der Waals surface area contributed by atoms with E-state index in [0.717, 1.165) is 18.2 Å². The summed E-state index contributed by atoms with van der Waals surface area (Å²) in [6.07, 6.45) is -4.55. The van der Waals surface area contributed by atoms with E-state index >= 15 is 0 Å². The molecule has 3 nitrogen and oxygen atoms in total. The maximum Gasteiger partial charge on any atom is 0.418 e. The van der Waals surface area contributed by atoms with Gasteiger partial charge in [0.25, 0.3) is 0 Å². The Balaban J connectivity index is 2.30. The normalized spacial score (nSPS) is 11.3. The molecule has 7 heteroatoms. The van der Waals surface area contributed by atoms with Crippen LogP contribution in [0.5, 0.6) is 5.75 Å². The lowest BCUT2D eigenvalue weighted by Crippen LogP contribution is -2.09. The van der Waals surface area contributed by atoms with E-state index in [0.29, 0.717) is 5.69 Å². The lowest BCUT2D eigenvalue weighted by Gasteiger charge is -2.13. The third-order valence-corrected chi connectivity index (χ3v) is 2.80. The molecule has 0 saturated heterocycles. The number of rotatable bonds is 3. The molecule has 21 heavy (non-hydrogen) atoms. The Morgan fingerprint density at radius 1 is 1.05 bits per heavy atom. The molecule has 0 unspecified atom stereocenters. The highest BCUT2D eigenvalue weighted by atomic mass is 19.4. The van der Waals surface area contributed by atoms with Gasteiger partial charge in [-0.25, -0.2) is 4.39 Å². The van der Waals surface area contributed by atoms with Crippen LogP contribution in [0.2, 0.25) is 0 Å². The molecule has 0 aromatic heterocycles. The summed E-state index contributed by atoms with van der Waals surface area (Å²) in [6.45, 7) is 0. The summed E-state index contributed by atoms with van der Waals surface area (Å²) in [7, 11) is 1.32. The van der Waals surface area contributed by atoms with E-state index in [-0.39, 0.29) is 17.1 Å². The third-order valence-electron chi connectivity index (χ3n) is 2.80. The number of alkyl halides is 3.